The zero-order valence-electron chi connectivity index (χ0n) is 10.8. The van der Waals surface area contributed by atoms with Crippen LogP contribution in [0.5, 0.6) is 0 Å². The number of fused-ring (bicyclic) bond motifs is 1. The molecule has 2 aromatic rings. The van der Waals surface area contributed by atoms with Gasteiger partial charge in [0.05, 0.1) is 19.3 Å². The quantitative estimate of drug-likeness (QED) is 0.626. The Morgan fingerprint density at radius 1 is 1.06 bits per heavy atom. The van der Waals surface area contributed by atoms with Gasteiger partial charge < -0.3 is 4.74 Å². The Hall–Kier alpha value is -1.42. The Kier molecular flexibility index (Phi) is 4.70. The predicted molar refractivity (Wildman–Crippen MR) is 73.3 cm³/mol. The second kappa shape index (κ2) is 6.50. The molecule has 0 fully saturated rings. The first kappa shape index (κ1) is 13.0. The van der Waals surface area contributed by atoms with E-state index in [4.69, 9.17) is 9.57 Å². The smallest absolute Gasteiger partial charge is 0.0916 e. The van der Waals surface area contributed by atoms with Gasteiger partial charge in [0.2, 0.25) is 0 Å². The van der Waals surface area contributed by atoms with Crippen LogP contribution in [0.4, 0.5) is 0 Å². The number of hydrogen-bond acceptors (Lipinski definition) is 3. The summed E-state index contributed by atoms with van der Waals surface area (Å²) in [6, 6.07) is 15.0. The molecule has 1 atom stereocenters. The van der Waals surface area contributed by atoms with Crippen molar-refractivity contribution in [2.45, 2.75) is 13.0 Å². The predicted octanol–water partition coefficient (Wildman–Crippen LogP) is 3.07. The molecule has 2 rings (SSSR count). The van der Waals surface area contributed by atoms with Gasteiger partial charge in [-0.25, -0.2) is 0 Å². The van der Waals surface area contributed by atoms with Gasteiger partial charge in [-0.1, -0.05) is 36.4 Å². The monoisotopic (exact) mass is 245 g/mol. The van der Waals surface area contributed by atoms with Crippen LogP contribution in [0.2, 0.25) is 0 Å². The van der Waals surface area contributed by atoms with Crippen molar-refractivity contribution in [3.8, 4) is 0 Å². The standard InChI is InChI=1S/C15H19NO2/c1-12(16-18-10-9-17-2)14-8-7-13-5-3-4-6-15(13)11-14/h3-8,11-12,16H,9-10H2,1-2H3. The number of hydroxylamine groups is 1. The van der Waals surface area contributed by atoms with Crippen molar-refractivity contribution in [3.05, 3.63) is 48.0 Å². The van der Waals surface area contributed by atoms with Crippen molar-refractivity contribution in [1.82, 2.24) is 5.48 Å². The summed E-state index contributed by atoms with van der Waals surface area (Å²) in [7, 11) is 1.66. The molecule has 3 heteroatoms. The third-order valence-corrected chi connectivity index (χ3v) is 2.92. The lowest BCUT2D eigenvalue weighted by molar-refractivity contribution is -0.00922. The van der Waals surface area contributed by atoms with Gasteiger partial charge in [-0.15, -0.1) is 0 Å². The second-order valence-corrected chi connectivity index (χ2v) is 4.29. The van der Waals surface area contributed by atoms with E-state index in [0.717, 1.165) is 0 Å². The highest BCUT2D eigenvalue weighted by Crippen LogP contribution is 2.20. The van der Waals surface area contributed by atoms with Crippen molar-refractivity contribution in [1.29, 1.82) is 0 Å². The van der Waals surface area contributed by atoms with Crippen LogP contribution in [0.25, 0.3) is 10.8 Å². The van der Waals surface area contributed by atoms with E-state index < -0.39 is 0 Å². The summed E-state index contributed by atoms with van der Waals surface area (Å²) in [4.78, 5) is 5.33. The summed E-state index contributed by atoms with van der Waals surface area (Å²) in [6.45, 7) is 3.22. The Balaban J connectivity index is 2.01. The molecule has 18 heavy (non-hydrogen) atoms. The lowest BCUT2D eigenvalue weighted by Crippen LogP contribution is -2.21. The average molecular weight is 245 g/mol. The summed E-state index contributed by atoms with van der Waals surface area (Å²) in [6.07, 6.45) is 0. The largest absolute Gasteiger partial charge is 0.382 e. The lowest BCUT2D eigenvalue weighted by atomic mass is 10.0. The van der Waals surface area contributed by atoms with Gasteiger partial charge in [-0.2, -0.15) is 5.48 Å². The molecule has 0 saturated heterocycles. The minimum Gasteiger partial charge on any atom is -0.382 e. The molecule has 1 unspecified atom stereocenters. The fourth-order valence-corrected chi connectivity index (χ4v) is 1.85. The van der Waals surface area contributed by atoms with Crippen LogP contribution in [0.1, 0.15) is 18.5 Å². The highest BCUT2D eigenvalue weighted by molar-refractivity contribution is 5.83. The minimum atomic E-state index is 0.159. The third kappa shape index (κ3) is 3.29. The number of ether oxygens (including phenoxy) is 1. The van der Waals surface area contributed by atoms with Gasteiger partial charge in [0.1, 0.15) is 0 Å². The molecule has 0 aliphatic rings. The first-order valence-electron chi connectivity index (χ1n) is 6.16. The molecule has 0 amide bonds. The summed E-state index contributed by atoms with van der Waals surface area (Å²) in [5.41, 5.74) is 4.23. The highest BCUT2D eigenvalue weighted by atomic mass is 16.7. The van der Waals surface area contributed by atoms with E-state index in [1.54, 1.807) is 7.11 Å². The molecule has 96 valence electrons. The Morgan fingerprint density at radius 3 is 2.61 bits per heavy atom. The van der Waals surface area contributed by atoms with E-state index in [1.165, 1.54) is 16.3 Å². The van der Waals surface area contributed by atoms with E-state index in [2.05, 4.69) is 54.9 Å². The first-order valence-corrected chi connectivity index (χ1v) is 6.16. The van der Waals surface area contributed by atoms with Gasteiger partial charge in [0.15, 0.2) is 0 Å². The van der Waals surface area contributed by atoms with Crippen LogP contribution in [-0.4, -0.2) is 20.3 Å². The summed E-state index contributed by atoms with van der Waals surface area (Å²) in [5, 5.41) is 2.51. The molecule has 0 spiro atoms. The van der Waals surface area contributed by atoms with E-state index in [0.29, 0.717) is 13.2 Å². The molecule has 0 aromatic heterocycles. The van der Waals surface area contributed by atoms with Crippen LogP contribution >= 0.6 is 0 Å². The van der Waals surface area contributed by atoms with E-state index in [1.807, 2.05) is 0 Å². The Bertz CT molecular complexity index is 499. The van der Waals surface area contributed by atoms with Crippen molar-refractivity contribution in [2.24, 2.45) is 0 Å². The normalized spacial score (nSPS) is 12.8. The van der Waals surface area contributed by atoms with E-state index in [9.17, 15) is 0 Å². The van der Waals surface area contributed by atoms with Gasteiger partial charge in [-0.3, -0.25) is 4.84 Å². The number of nitrogens with one attached hydrogen (secondary N) is 1. The molecule has 0 bridgehead atoms. The lowest BCUT2D eigenvalue weighted by Gasteiger charge is -2.14. The maximum atomic E-state index is 5.33. The number of methoxy groups -OCH3 is 1. The third-order valence-electron chi connectivity index (χ3n) is 2.92. The molecule has 3 nitrogen and oxygen atoms in total. The number of rotatable bonds is 6. The van der Waals surface area contributed by atoms with Gasteiger partial charge in [-0.05, 0) is 29.3 Å². The molecule has 0 radical (unpaired) electrons. The van der Waals surface area contributed by atoms with Crippen LogP contribution in [0, 0.1) is 0 Å². The van der Waals surface area contributed by atoms with Crippen LogP contribution in [0.3, 0.4) is 0 Å². The fraction of sp³-hybridized carbons (Fsp3) is 0.333. The van der Waals surface area contributed by atoms with Crippen molar-refractivity contribution >= 4 is 10.8 Å². The number of hydrogen-bond donors (Lipinski definition) is 1. The maximum absolute atomic E-state index is 5.33. The van der Waals surface area contributed by atoms with Gasteiger partial charge >= 0.3 is 0 Å². The second-order valence-electron chi connectivity index (χ2n) is 4.29. The molecule has 0 heterocycles. The molecule has 0 saturated carbocycles. The highest BCUT2D eigenvalue weighted by Gasteiger charge is 2.05. The van der Waals surface area contributed by atoms with Crippen molar-refractivity contribution in [2.75, 3.05) is 20.3 Å². The molecular weight excluding hydrogens is 226 g/mol. The molecular formula is C15H19NO2. The van der Waals surface area contributed by atoms with Gasteiger partial charge in [0, 0.05) is 7.11 Å². The zero-order valence-corrected chi connectivity index (χ0v) is 10.8. The Labute approximate surface area is 108 Å². The van der Waals surface area contributed by atoms with E-state index in [-0.39, 0.29) is 6.04 Å². The van der Waals surface area contributed by atoms with Gasteiger partial charge in [0.25, 0.3) is 0 Å². The summed E-state index contributed by atoms with van der Waals surface area (Å²) >= 11 is 0. The molecule has 2 aromatic carbocycles. The zero-order chi connectivity index (χ0) is 12.8. The van der Waals surface area contributed by atoms with Crippen molar-refractivity contribution in [3.63, 3.8) is 0 Å². The average Bonchev–Trinajstić information content (AvgIpc) is 2.43. The topological polar surface area (TPSA) is 30.5 Å². The van der Waals surface area contributed by atoms with Crippen LogP contribution in [-0.2, 0) is 9.57 Å². The molecule has 0 aliphatic carbocycles. The fourth-order valence-electron chi connectivity index (χ4n) is 1.85. The SMILES string of the molecule is COCCONC(C)c1ccc2ccccc2c1. The summed E-state index contributed by atoms with van der Waals surface area (Å²) in [5.74, 6) is 0. The molecule has 0 aliphatic heterocycles. The first-order chi connectivity index (χ1) is 8.81. The van der Waals surface area contributed by atoms with Crippen LogP contribution in [0.15, 0.2) is 42.5 Å². The summed E-state index contributed by atoms with van der Waals surface area (Å²) < 4.78 is 4.92. The van der Waals surface area contributed by atoms with Crippen molar-refractivity contribution < 1.29 is 9.57 Å². The Morgan fingerprint density at radius 2 is 1.83 bits per heavy atom. The van der Waals surface area contributed by atoms with Crippen LogP contribution < -0.4 is 5.48 Å². The van der Waals surface area contributed by atoms with E-state index >= 15 is 0 Å². The minimum absolute atomic E-state index is 0.159. The number of benzene rings is 2. The molecule has 1 N–H and O–H groups in total. The maximum Gasteiger partial charge on any atom is 0.0916 e.